The average molecular weight is 286 g/mol. The van der Waals surface area contributed by atoms with Gasteiger partial charge >= 0.3 is 0 Å². The van der Waals surface area contributed by atoms with Crippen LogP contribution in [0.2, 0.25) is 0 Å². The number of benzene rings is 1. The fraction of sp³-hybridized carbons (Fsp3) is 0.611. The number of carbonyl (C=O) groups excluding carboxylic acids is 1. The number of nitrogens with one attached hydrogen (secondary N) is 1. The lowest BCUT2D eigenvalue weighted by Gasteiger charge is -2.44. The van der Waals surface area contributed by atoms with E-state index >= 15 is 0 Å². The Balaban J connectivity index is 1.59. The number of hydrogen-bond acceptors (Lipinski definition) is 2. The zero-order valence-corrected chi connectivity index (χ0v) is 13.0. The van der Waals surface area contributed by atoms with Crippen molar-refractivity contribution in [2.24, 2.45) is 5.92 Å². The van der Waals surface area contributed by atoms with Crippen LogP contribution >= 0.6 is 0 Å². The predicted molar refractivity (Wildman–Crippen MR) is 85.4 cm³/mol. The summed E-state index contributed by atoms with van der Waals surface area (Å²) < 4.78 is 0. The molecule has 0 unspecified atom stereocenters. The Hall–Kier alpha value is -1.35. The van der Waals surface area contributed by atoms with Crippen molar-refractivity contribution < 1.29 is 4.79 Å². The van der Waals surface area contributed by atoms with Gasteiger partial charge in [0, 0.05) is 18.2 Å². The van der Waals surface area contributed by atoms with Crippen LogP contribution in [0.25, 0.3) is 0 Å². The minimum absolute atomic E-state index is 0.0843. The lowest BCUT2D eigenvalue weighted by molar-refractivity contribution is 0.0575. The molecule has 0 radical (unpaired) electrons. The van der Waals surface area contributed by atoms with E-state index in [-0.39, 0.29) is 5.91 Å². The highest BCUT2D eigenvalue weighted by molar-refractivity contribution is 5.95. The van der Waals surface area contributed by atoms with Crippen molar-refractivity contribution in [2.45, 2.75) is 45.1 Å². The molecule has 0 spiro atoms. The van der Waals surface area contributed by atoms with Crippen molar-refractivity contribution in [3.8, 4) is 0 Å². The van der Waals surface area contributed by atoms with E-state index in [0.29, 0.717) is 12.0 Å². The lowest BCUT2D eigenvalue weighted by Crippen LogP contribution is -2.51. The third kappa shape index (κ3) is 3.29. The molecule has 1 N–H and O–H groups in total. The fourth-order valence-electron chi connectivity index (χ4n) is 3.96. The highest BCUT2D eigenvalue weighted by atomic mass is 16.1. The maximum absolute atomic E-state index is 12.3. The van der Waals surface area contributed by atoms with Gasteiger partial charge in [0.2, 0.25) is 0 Å². The van der Waals surface area contributed by atoms with Crippen molar-refractivity contribution >= 4 is 5.91 Å². The smallest absolute Gasteiger partial charge is 0.251 e. The fourth-order valence-corrected chi connectivity index (χ4v) is 3.96. The van der Waals surface area contributed by atoms with E-state index in [2.05, 4.69) is 10.2 Å². The highest BCUT2D eigenvalue weighted by Gasteiger charge is 2.32. The van der Waals surface area contributed by atoms with E-state index in [1.807, 2.05) is 31.2 Å². The van der Waals surface area contributed by atoms with Gasteiger partial charge in [-0.2, -0.15) is 0 Å². The number of fused-ring (bicyclic) bond motifs is 1. The molecule has 1 aromatic rings. The molecule has 0 aliphatic carbocycles. The van der Waals surface area contributed by atoms with Crippen LogP contribution in [0.3, 0.4) is 0 Å². The number of rotatable bonds is 3. The van der Waals surface area contributed by atoms with Crippen molar-refractivity contribution in [2.75, 3.05) is 19.6 Å². The number of aryl methyl sites for hydroxylation is 1. The summed E-state index contributed by atoms with van der Waals surface area (Å²) >= 11 is 0. The van der Waals surface area contributed by atoms with E-state index in [1.54, 1.807) is 0 Å². The number of hydrogen-bond donors (Lipinski definition) is 1. The van der Waals surface area contributed by atoms with Crippen LogP contribution in [-0.4, -0.2) is 36.5 Å². The van der Waals surface area contributed by atoms with E-state index in [0.717, 1.165) is 17.7 Å². The van der Waals surface area contributed by atoms with Crippen LogP contribution < -0.4 is 5.32 Å². The Morgan fingerprint density at radius 1 is 1.19 bits per heavy atom. The average Bonchev–Trinajstić information content (AvgIpc) is 2.53. The molecule has 0 aromatic heterocycles. The normalized spacial score (nSPS) is 26.1. The van der Waals surface area contributed by atoms with Crippen LogP contribution in [0.15, 0.2) is 24.3 Å². The Morgan fingerprint density at radius 2 is 2.00 bits per heavy atom. The Labute approximate surface area is 127 Å². The van der Waals surface area contributed by atoms with Gasteiger partial charge in [-0.15, -0.1) is 0 Å². The molecule has 3 nitrogen and oxygen atoms in total. The maximum atomic E-state index is 12.3. The lowest BCUT2D eigenvalue weighted by atomic mass is 9.83. The van der Waals surface area contributed by atoms with Crippen LogP contribution in [-0.2, 0) is 0 Å². The van der Waals surface area contributed by atoms with Crippen LogP contribution in [0.4, 0.5) is 0 Å². The number of amides is 1. The molecule has 0 bridgehead atoms. The molecule has 0 saturated carbocycles. The molecule has 1 amide bonds. The SMILES string of the molecule is Cc1ccccc1C(=O)NC[C@H]1CCCN2CCCC[C@H]12. The Kier molecular flexibility index (Phi) is 4.59. The molecule has 2 aliphatic rings. The molecule has 2 atom stereocenters. The molecule has 2 aliphatic heterocycles. The minimum Gasteiger partial charge on any atom is -0.352 e. The number of nitrogens with zero attached hydrogens (tertiary/aromatic N) is 1. The molecule has 114 valence electrons. The molecule has 2 heterocycles. The first-order chi connectivity index (χ1) is 10.3. The second-order valence-corrected chi connectivity index (χ2v) is 6.53. The van der Waals surface area contributed by atoms with Gasteiger partial charge in [-0.25, -0.2) is 0 Å². The second-order valence-electron chi connectivity index (χ2n) is 6.53. The molecule has 3 rings (SSSR count). The summed E-state index contributed by atoms with van der Waals surface area (Å²) in [7, 11) is 0. The largest absolute Gasteiger partial charge is 0.352 e. The van der Waals surface area contributed by atoms with Crippen molar-refractivity contribution in [3.05, 3.63) is 35.4 Å². The summed E-state index contributed by atoms with van der Waals surface area (Å²) in [6, 6.07) is 8.53. The van der Waals surface area contributed by atoms with Crippen LogP contribution in [0.5, 0.6) is 0 Å². The van der Waals surface area contributed by atoms with Gasteiger partial charge in [0.1, 0.15) is 0 Å². The van der Waals surface area contributed by atoms with E-state index in [4.69, 9.17) is 0 Å². The summed E-state index contributed by atoms with van der Waals surface area (Å²) in [5.74, 6) is 0.716. The molecule has 2 saturated heterocycles. The predicted octanol–water partition coefficient (Wildman–Crippen LogP) is 2.99. The first-order valence-corrected chi connectivity index (χ1v) is 8.33. The van der Waals surface area contributed by atoms with Gasteiger partial charge in [0.25, 0.3) is 5.91 Å². The molecule has 1 aromatic carbocycles. The number of piperidine rings is 2. The van der Waals surface area contributed by atoms with Gasteiger partial charge < -0.3 is 10.2 Å². The third-order valence-electron chi connectivity index (χ3n) is 5.14. The summed E-state index contributed by atoms with van der Waals surface area (Å²) in [6.07, 6.45) is 6.55. The van der Waals surface area contributed by atoms with E-state index in [1.165, 1.54) is 45.2 Å². The molecular formula is C18H26N2O. The monoisotopic (exact) mass is 286 g/mol. The van der Waals surface area contributed by atoms with E-state index < -0.39 is 0 Å². The van der Waals surface area contributed by atoms with E-state index in [9.17, 15) is 4.79 Å². The summed E-state index contributed by atoms with van der Waals surface area (Å²) in [5, 5.41) is 3.18. The second kappa shape index (κ2) is 6.61. The quantitative estimate of drug-likeness (QED) is 0.926. The van der Waals surface area contributed by atoms with Crippen molar-refractivity contribution in [1.82, 2.24) is 10.2 Å². The van der Waals surface area contributed by atoms with Crippen molar-refractivity contribution in [3.63, 3.8) is 0 Å². The highest BCUT2D eigenvalue weighted by Crippen LogP contribution is 2.30. The number of carbonyl (C=O) groups is 1. The first kappa shape index (κ1) is 14.6. The zero-order chi connectivity index (χ0) is 14.7. The van der Waals surface area contributed by atoms with Gasteiger partial charge in [0.05, 0.1) is 0 Å². The van der Waals surface area contributed by atoms with Crippen LogP contribution in [0.1, 0.15) is 48.0 Å². The third-order valence-corrected chi connectivity index (χ3v) is 5.14. The van der Waals surface area contributed by atoms with Crippen molar-refractivity contribution in [1.29, 1.82) is 0 Å². The minimum atomic E-state index is 0.0843. The first-order valence-electron chi connectivity index (χ1n) is 8.33. The van der Waals surface area contributed by atoms with Gasteiger partial charge in [0.15, 0.2) is 0 Å². The Morgan fingerprint density at radius 3 is 2.86 bits per heavy atom. The van der Waals surface area contributed by atoms with Gasteiger partial charge in [-0.1, -0.05) is 24.6 Å². The zero-order valence-electron chi connectivity index (χ0n) is 13.0. The summed E-state index contributed by atoms with van der Waals surface area (Å²) in [6.45, 7) is 5.34. The van der Waals surface area contributed by atoms with Gasteiger partial charge in [-0.05, 0) is 63.2 Å². The molecule has 2 fully saturated rings. The summed E-state index contributed by atoms with van der Waals surface area (Å²) in [4.78, 5) is 15.0. The van der Waals surface area contributed by atoms with Crippen LogP contribution in [0, 0.1) is 12.8 Å². The molecule has 21 heavy (non-hydrogen) atoms. The Bertz CT molecular complexity index is 498. The standard InChI is InChI=1S/C18H26N2O/c1-14-7-2-3-9-16(14)18(21)19-13-15-8-6-12-20-11-5-4-10-17(15)20/h2-3,7,9,15,17H,4-6,8,10-13H2,1H3,(H,19,21)/t15-,17-/m1/s1. The topological polar surface area (TPSA) is 32.3 Å². The molecule has 3 heteroatoms. The van der Waals surface area contributed by atoms with Gasteiger partial charge in [-0.3, -0.25) is 4.79 Å². The maximum Gasteiger partial charge on any atom is 0.251 e. The summed E-state index contributed by atoms with van der Waals surface area (Å²) in [5.41, 5.74) is 1.87. The molecular weight excluding hydrogens is 260 g/mol.